The van der Waals surface area contributed by atoms with Crippen molar-refractivity contribution in [2.24, 2.45) is 0 Å². The predicted octanol–water partition coefficient (Wildman–Crippen LogP) is 2.43. The number of aromatic nitrogens is 1. The number of fused-ring (bicyclic) bond motifs is 1. The Labute approximate surface area is 81.5 Å². The van der Waals surface area contributed by atoms with E-state index < -0.39 is 0 Å². The van der Waals surface area contributed by atoms with Crippen LogP contribution in [-0.4, -0.2) is 4.98 Å². The Morgan fingerprint density at radius 2 is 2.08 bits per heavy atom. The summed E-state index contributed by atoms with van der Waals surface area (Å²) in [5.74, 6) is -0.356. The fourth-order valence-corrected chi connectivity index (χ4v) is 1.49. The SMILES string of the molecule is O=c1[nH]c2cc(F)ccc2cc1Br. The second-order valence-corrected chi connectivity index (χ2v) is 3.53. The lowest BCUT2D eigenvalue weighted by atomic mass is 10.2. The predicted molar refractivity (Wildman–Crippen MR) is 52.2 cm³/mol. The highest BCUT2D eigenvalue weighted by molar-refractivity contribution is 9.10. The smallest absolute Gasteiger partial charge is 0.262 e. The monoisotopic (exact) mass is 241 g/mol. The van der Waals surface area contributed by atoms with E-state index in [2.05, 4.69) is 20.9 Å². The maximum atomic E-state index is 12.7. The minimum absolute atomic E-state index is 0.252. The molecule has 0 spiro atoms. The van der Waals surface area contributed by atoms with E-state index in [1.165, 1.54) is 12.1 Å². The topological polar surface area (TPSA) is 32.9 Å². The summed E-state index contributed by atoms with van der Waals surface area (Å²) >= 11 is 3.10. The minimum atomic E-state index is -0.356. The van der Waals surface area contributed by atoms with Gasteiger partial charge in [0.1, 0.15) is 5.82 Å². The van der Waals surface area contributed by atoms with Crippen molar-refractivity contribution in [1.82, 2.24) is 4.98 Å². The van der Waals surface area contributed by atoms with Crippen LogP contribution in [0.15, 0.2) is 33.5 Å². The highest BCUT2D eigenvalue weighted by Crippen LogP contribution is 2.14. The fraction of sp³-hybridized carbons (Fsp3) is 0. The van der Waals surface area contributed by atoms with Crippen molar-refractivity contribution in [3.05, 3.63) is 44.9 Å². The Balaban J connectivity index is 2.89. The maximum absolute atomic E-state index is 12.7. The Hall–Kier alpha value is -1.16. The molecule has 0 amide bonds. The van der Waals surface area contributed by atoms with E-state index in [-0.39, 0.29) is 11.4 Å². The number of pyridine rings is 1. The fourth-order valence-electron chi connectivity index (χ4n) is 1.15. The van der Waals surface area contributed by atoms with Crippen LogP contribution in [0.1, 0.15) is 0 Å². The lowest BCUT2D eigenvalue weighted by molar-refractivity contribution is 0.629. The second kappa shape index (κ2) is 2.96. The molecule has 0 aliphatic rings. The number of halogens is 2. The van der Waals surface area contributed by atoms with Gasteiger partial charge in [-0.1, -0.05) is 0 Å². The number of hydrogen-bond donors (Lipinski definition) is 1. The molecule has 0 bridgehead atoms. The standard InChI is InChI=1S/C9H5BrFNO/c10-7-3-5-1-2-6(11)4-8(5)12-9(7)13/h1-4H,(H,12,13). The summed E-state index contributed by atoms with van der Waals surface area (Å²) in [4.78, 5) is 13.7. The average molecular weight is 242 g/mol. The third-order valence-electron chi connectivity index (χ3n) is 1.76. The van der Waals surface area contributed by atoms with Gasteiger partial charge in [0.2, 0.25) is 0 Å². The molecule has 4 heteroatoms. The summed E-state index contributed by atoms with van der Waals surface area (Å²) in [5, 5.41) is 0.799. The van der Waals surface area contributed by atoms with Crippen molar-refractivity contribution in [1.29, 1.82) is 0 Å². The van der Waals surface area contributed by atoms with Gasteiger partial charge in [-0.15, -0.1) is 0 Å². The summed E-state index contributed by atoms with van der Waals surface area (Å²) in [6.45, 7) is 0. The molecule has 0 unspecified atom stereocenters. The first-order valence-electron chi connectivity index (χ1n) is 3.65. The Morgan fingerprint density at radius 1 is 1.31 bits per heavy atom. The van der Waals surface area contributed by atoms with E-state index in [1.54, 1.807) is 12.1 Å². The maximum Gasteiger partial charge on any atom is 0.262 e. The Bertz CT molecular complexity index is 520. The molecule has 1 heterocycles. The van der Waals surface area contributed by atoms with Gasteiger partial charge < -0.3 is 4.98 Å². The third kappa shape index (κ3) is 1.49. The van der Waals surface area contributed by atoms with Crippen molar-refractivity contribution in [3.8, 4) is 0 Å². The van der Waals surface area contributed by atoms with E-state index in [0.717, 1.165) is 5.39 Å². The molecule has 2 rings (SSSR count). The molecule has 1 N–H and O–H groups in total. The molecule has 1 aromatic heterocycles. The third-order valence-corrected chi connectivity index (χ3v) is 2.35. The zero-order chi connectivity index (χ0) is 9.42. The summed E-state index contributed by atoms with van der Waals surface area (Å²) < 4.78 is 13.2. The van der Waals surface area contributed by atoms with Crippen molar-refractivity contribution in [2.75, 3.05) is 0 Å². The molecule has 0 saturated carbocycles. The molecule has 2 nitrogen and oxygen atoms in total. The van der Waals surface area contributed by atoms with Gasteiger partial charge in [0, 0.05) is 0 Å². The van der Waals surface area contributed by atoms with Crippen LogP contribution in [0.4, 0.5) is 4.39 Å². The van der Waals surface area contributed by atoms with Crippen LogP contribution in [0, 0.1) is 5.82 Å². The number of aromatic amines is 1. The first-order chi connectivity index (χ1) is 6.16. The Morgan fingerprint density at radius 3 is 2.85 bits per heavy atom. The second-order valence-electron chi connectivity index (χ2n) is 2.68. The summed E-state index contributed by atoms with van der Waals surface area (Å²) in [5.41, 5.74) is 0.256. The molecule has 0 radical (unpaired) electrons. The first kappa shape index (κ1) is 8.44. The van der Waals surface area contributed by atoms with Crippen LogP contribution >= 0.6 is 15.9 Å². The molecule has 2 aromatic rings. The molecule has 13 heavy (non-hydrogen) atoms. The summed E-state index contributed by atoms with van der Waals surface area (Å²) in [7, 11) is 0. The van der Waals surface area contributed by atoms with Crippen molar-refractivity contribution in [2.45, 2.75) is 0 Å². The van der Waals surface area contributed by atoms with Crippen molar-refractivity contribution < 1.29 is 4.39 Å². The van der Waals surface area contributed by atoms with Crippen LogP contribution < -0.4 is 5.56 Å². The molecule has 0 saturated heterocycles. The first-order valence-corrected chi connectivity index (χ1v) is 4.44. The molecule has 0 fully saturated rings. The van der Waals surface area contributed by atoms with Crippen LogP contribution in [-0.2, 0) is 0 Å². The largest absolute Gasteiger partial charge is 0.321 e. The van der Waals surface area contributed by atoms with Crippen LogP contribution in [0.25, 0.3) is 10.9 Å². The van der Waals surface area contributed by atoms with E-state index in [0.29, 0.717) is 9.99 Å². The normalized spacial score (nSPS) is 10.6. The van der Waals surface area contributed by atoms with Crippen LogP contribution in [0.5, 0.6) is 0 Å². The van der Waals surface area contributed by atoms with Gasteiger partial charge >= 0.3 is 0 Å². The highest BCUT2D eigenvalue weighted by atomic mass is 79.9. The van der Waals surface area contributed by atoms with Crippen LogP contribution in [0.3, 0.4) is 0 Å². The van der Waals surface area contributed by atoms with Gasteiger partial charge in [0.25, 0.3) is 5.56 Å². The zero-order valence-corrected chi connectivity index (χ0v) is 8.06. The van der Waals surface area contributed by atoms with Gasteiger partial charge in [-0.3, -0.25) is 4.79 Å². The van der Waals surface area contributed by atoms with E-state index in [1.807, 2.05) is 0 Å². The summed E-state index contributed by atoms with van der Waals surface area (Å²) in [6.07, 6.45) is 0. The molecule has 1 aromatic carbocycles. The zero-order valence-electron chi connectivity index (χ0n) is 6.47. The van der Waals surface area contributed by atoms with E-state index in [4.69, 9.17) is 0 Å². The number of H-pyrrole nitrogens is 1. The highest BCUT2D eigenvalue weighted by Gasteiger charge is 2.00. The number of nitrogens with one attached hydrogen (secondary N) is 1. The van der Waals surface area contributed by atoms with Crippen molar-refractivity contribution in [3.63, 3.8) is 0 Å². The molecule has 0 atom stereocenters. The van der Waals surface area contributed by atoms with Crippen molar-refractivity contribution >= 4 is 26.8 Å². The number of rotatable bonds is 0. The van der Waals surface area contributed by atoms with Gasteiger partial charge in [0.05, 0.1) is 9.99 Å². The van der Waals surface area contributed by atoms with Gasteiger partial charge in [0.15, 0.2) is 0 Å². The number of hydrogen-bond acceptors (Lipinski definition) is 1. The molecule has 0 aliphatic carbocycles. The average Bonchev–Trinajstić information content (AvgIpc) is 2.08. The van der Waals surface area contributed by atoms with Gasteiger partial charge in [-0.05, 0) is 45.6 Å². The molecular formula is C9H5BrFNO. The number of benzene rings is 1. The van der Waals surface area contributed by atoms with Gasteiger partial charge in [-0.25, -0.2) is 4.39 Å². The summed E-state index contributed by atoms with van der Waals surface area (Å²) in [6, 6.07) is 5.93. The lowest BCUT2D eigenvalue weighted by Crippen LogP contribution is -2.05. The van der Waals surface area contributed by atoms with E-state index >= 15 is 0 Å². The Kier molecular flexibility index (Phi) is 1.92. The molecule has 0 aliphatic heterocycles. The minimum Gasteiger partial charge on any atom is -0.321 e. The molecular weight excluding hydrogens is 237 g/mol. The van der Waals surface area contributed by atoms with Crippen LogP contribution in [0.2, 0.25) is 0 Å². The van der Waals surface area contributed by atoms with E-state index in [9.17, 15) is 9.18 Å². The van der Waals surface area contributed by atoms with Gasteiger partial charge in [-0.2, -0.15) is 0 Å². The molecule has 66 valence electrons. The quantitative estimate of drug-likeness (QED) is 0.756. The lowest BCUT2D eigenvalue weighted by Gasteiger charge is -1.97.